The topological polar surface area (TPSA) is 78.4 Å². The molecule has 2 aromatic rings. The van der Waals surface area contributed by atoms with Crippen molar-refractivity contribution in [1.82, 2.24) is 15.3 Å². The first-order valence-corrected chi connectivity index (χ1v) is 11.0. The van der Waals surface area contributed by atoms with Crippen molar-refractivity contribution in [2.24, 2.45) is 0 Å². The fraction of sp³-hybridized carbons (Fsp3) is 0.500. The van der Waals surface area contributed by atoms with Crippen LogP contribution in [0.1, 0.15) is 4.88 Å². The maximum absolute atomic E-state index is 12.0. The van der Waals surface area contributed by atoms with E-state index in [2.05, 4.69) is 26.6 Å². The molecule has 1 N–H and O–H groups in total. The lowest BCUT2D eigenvalue weighted by Crippen LogP contribution is -2.57. The van der Waals surface area contributed by atoms with Crippen LogP contribution in [0.25, 0.3) is 0 Å². The molecule has 2 aliphatic rings. The van der Waals surface area contributed by atoms with Crippen molar-refractivity contribution >= 4 is 32.9 Å². The maximum Gasteiger partial charge on any atom is 0.227 e. The highest BCUT2D eigenvalue weighted by molar-refractivity contribution is 7.91. The van der Waals surface area contributed by atoms with Gasteiger partial charge in [0.25, 0.3) is 0 Å². The lowest BCUT2D eigenvalue weighted by molar-refractivity contribution is 0.422. The molecule has 25 heavy (non-hydrogen) atoms. The summed E-state index contributed by atoms with van der Waals surface area (Å²) in [5.74, 6) is 1.86. The highest BCUT2D eigenvalue weighted by Crippen LogP contribution is 2.26. The molecule has 0 aliphatic carbocycles. The minimum Gasteiger partial charge on any atom is -0.350 e. The fourth-order valence-corrected chi connectivity index (χ4v) is 6.25. The third-order valence-corrected chi connectivity index (χ3v) is 7.30. The number of hydrogen-bond acceptors (Lipinski definition) is 8. The number of hydrogen-bond donors (Lipinski definition) is 1. The second-order valence-electron chi connectivity index (χ2n) is 6.55. The Kier molecular flexibility index (Phi) is 4.38. The summed E-state index contributed by atoms with van der Waals surface area (Å²) in [4.78, 5) is 14.5. The fourth-order valence-electron chi connectivity index (χ4n) is 3.54. The number of piperazine rings is 1. The van der Waals surface area contributed by atoms with Gasteiger partial charge in [-0.25, -0.2) is 13.4 Å². The van der Waals surface area contributed by atoms with Gasteiger partial charge in [-0.15, -0.1) is 11.3 Å². The largest absolute Gasteiger partial charge is 0.350 e. The molecule has 0 unspecified atom stereocenters. The summed E-state index contributed by atoms with van der Waals surface area (Å²) >= 11 is 1.71. The van der Waals surface area contributed by atoms with Crippen molar-refractivity contribution < 1.29 is 8.42 Å². The summed E-state index contributed by atoms with van der Waals surface area (Å²) in [6.07, 6.45) is 1.75. The molecule has 2 aromatic heterocycles. The molecule has 2 fully saturated rings. The normalized spacial score (nSPS) is 24.9. The van der Waals surface area contributed by atoms with Gasteiger partial charge < -0.3 is 15.1 Å². The lowest BCUT2D eigenvalue weighted by atomic mass is 10.1. The molecule has 0 amide bonds. The number of thiophene rings is 1. The van der Waals surface area contributed by atoms with E-state index in [0.29, 0.717) is 5.95 Å². The first-order chi connectivity index (χ1) is 12.0. The van der Waals surface area contributed by atoms with Crippen LogP contribution in [0, 0.1) is 0 Å². The van der Waals surface area contributed by atoms with Gasteiger partial charge in [0, 0.05) is 37.3 Å². The van der Waals surface area contributed by atoms with Gasteiger partial charge in [0.05, 0.1) is 24.1 Å². The predicted molar refractivity (Wildman–Crippen MR) is 100 cm³/mol. The Balaban J connectivity index is 1.56. The summed E-state index contributed by atoms with van der Waals surface area (Å²) in [6, 6.07) is 5.93. The van der Waals surface area contributed by atoms with E-state index in [4.69, 9.17) is 4.98 Å². The number of aromatic nitrogens is 2. The standard InChI is InChI=1S/C16H21N5O2S2/c1-20(9-12-3-2-8-24-12)16-18-5-4-15(19-16)21-7-6-17-13-10-25(22,23)11-14(13)21/h2-5,8,13-14,17H,6-7,9-11H2,1H3/t13-,14+/m0/s1. The van der Waals surface area contributed by atoms with Gasteiger partial charge >= 0.3 is 0 Å². The van der Waals surface area contributed by atoms with Crippen LogP contribution in [-0.2, 0) is 16.4 Å². The van der Waals surface area contributed by atoms with Gasteiger partial charge in [-0.05, 0) is 17.5 Å². The van der Waals surface area contributed by atoms with Gasteiger partial charge in [0.2, 0.25) is 5.95 Å². The summed E-state index contributed by atoms with van der Waals surface area (Å²) in [7, 11) is -1.02. The molecule has 2 atom stereocenters. The zero-order valence-electron chi connectivity index (χ0n) is 14.0. The molecule has 0 radical (unpaired) electrons. The Bertz CT molecular complexity index is 840. The minimum absolute atomic E-state index is 0.0130. The van der Waals surface area contributed by atoms with E-state index in [1.165, 1.54) is 4.88 Å². The van der Waals surface area contributed by atoms with Gasteiger partial charge in [0.1, 0.15) is 5.82 Å². The van der Waals surface area contributed by atoms with Crippen LogP contribution in [0.5, 0.6) is 0 Å². The average Bonchev–Trinajstić information content (AvgIpc) is 3.20. The molecule has 2 saturated heterocycles. The monoisotopic (exact) mass is 379 g/mol. The highest BCUT2D eigenvalue weighted by atomic mass is 32.2. The van der Waals surface area contributed by atoms with Crippen molar-refractivity contribution in [1.29, 1.82) is 0 Å². The van der Waals surface area contributed by atoms with E-state index in [0.717, 1.165) is 25.5 Å². The molecule has 2 aliphatic heterocycles. The first-order valence-electron chi connectivity index (χ1n) is 8.29. The zero-order chi connectivity index (χ0) is 17.4. The van der Waals surface area contributed by atoms with Crippen LogP contribution in [-0.4, -0.2) is 62.1 Å². The lowest BCUT2D eigenvalue weighted by Gasteiger charge is -2.38. The summed E-state index contributed by atoms with van der Waals surface area (Å²) in [5, 5.41) is 5.39. The van der Waals surface area contributed by atoms with Crippen molar-refractivity contribution in [3.8, 4) is 0 Å². The molecule has 9 heteroatoms. The number of nitrogens with zero attached hydrogens (tertiary/aromatic N) is 4. The molecule has 0 aromatic carbocycles. The summed E-state index contributed by atoms with van der Waals surface area (Å²) in [6.45, 7) is 2.27. The number of nitrogens with one attached hydrogen (secondary N) is 1. The zero-order valence-corrected chi connectivity index (χ0v) is 15.6. The van der Waals surface area contributed by atoms with Crippen LogP contribution in [0.3, 0.4) is 0 Å². The maximum atomic E-state index is 12.0. The number of anilines is 2. The number of fused-ring (bicyclic) bond motifs is 1. The molecule has 7 nitrogen and oxygen atoms in total. The molecule has 0 spiro atoms. The van der Waals surface area contributed by atoms with Crippen molar-refractivity contribution in [3.63, 3.8) is 0 Å². The van der Waals surface area contributed by atoms with E-state index in [1.807, 2.05) is 24.1 Å². The predicted octanol–water partition coefficient (Wildman–Crippen LogP) is 0.750. The SMILES string of the molecule is CN(Cc1cccs1)c1nccc(N2CCN[C@H]3CS(=O)(=O)C[C@H]32)n1. The second-order valence-corrected chi connectivity index (χ2v) is 9.73. The average molecular weight is 380 g/mol. The van der Waals surface area contributed by atoms with Crippen molar-refractivity contribution in [3.05, 3.63) is 34.7 Å². The van der Waals surface area contributed by atoms with Gasteiger partial charge in [-0.3, -0.25) is 0 Å². The van der Waals surface area contributed by atoms with Crippen molar-refractivity contribution in [2.45, 2.75) is 18.6 Å². The van der Waals surface area contributed by atoms with Crippen LogP contribution in [0.15, 0.2) is 29.8 Å². The quantitative estimate of drug-likeness (QED) is 0.840. The molecule has 0 saturated carbocycles. The minimum atomic E-state index is -2.99. The van der Waals surface area contributed by atoms with E-state index in [9.17, 15) is 8.42 Å². The molecule has 4 rings (SSSR count). The third kappa shape index (κ3) is 3.49. The van der Waals surface area contributed by atoms with Crippen LogP contribution < -0.4 is 15.1 Å². The molecule has 134 valence electrons. The Hall–Kier alpha value is -1.71. The van der Waals surface area contributed by atoms with Crippen LogP contribution >= 0.6 is 11.3 Å². The summed E-state index contributed by atoms with van der Waals surface area (Å²) < 4.78 is 24.0. The molecule has 4 heterocycles. The highest BCUT2D eigenvalue weighted by Gasteiger charge is 2.43. The Morgan fingerprint density at radius 3 is 3.08 bits per heavy atom. The van der Waals surface area contributed by atoms with E-state index in [-0.39, 0.29) is 23.6 Å². The van der Waals surface area contributed by atoms with E-state index >= 15 is 0 Å². The molecule has 0 bridgehead atoms. The Labute approximate surface area is 151 Å². The Morgan fingerprint density at radius 2 is 2.28 bits per heavy atom. The molecular weight excluding hydrogens is 358 g/mol. The van der Waals surface area contributed by atoms with E-state index in [1.54, 1.807) is 17.5 Å². The number of rotatable bonds is 4. The molecular formula is C16H21N5O2S2. The smallest absolute Gasteiger partial charge is 0.227 e. The van der Waals surface area contributed by atoms with Gasteiger partial charge in [-0.1, -0.05) is 6.07 Å². The number of sulfone groups is 1. The second kappa shape index (κ2) is 6.54. The van der Waals surface area contributed by atoms with Gasteiger partial charge in [0.15, 0.2) is 9.84 Å². The van der Waals surface area contributed by atoms with E-state index < -0.39 is 9.84 Å². The van der Waals surface area contributed by atoms with Crippen molar-refractivity contribution in [2.75, 3.05) is 41.4 Å². The van der Waals surface area contributed by atoms with Gasteiger partial charge in [-0.2, -0.15) is 4.98 Å². The first kappa shape index (κ1) is 16.7. The third-order valence-electron chi connectivity index (χ3n) is 4.72. The Morgan fingerprint density at radius 1 is 1.40 bits per heavy atom. The summed E-state index contributed by atoms with van der Waals surface area (Å²) in [5.41, 5.74) is 0. The van der Waals surface area contributed by atoms with Crippen LogP contribution in [0.2, 0.25) is 0 Å². The van der Waals surface area contributed by atoms with Crippen LogP contribution in [0.4, 0.5) is 11.8 Å².